The number of benzene rings is 1. The van der Waals surface area contributed by atoms with Gasteiger partial charge in [0.25, 0.3) is 15.0 Å². The van der Waals surface area contributed by atoms with Crippen LogP contribution in [0, 0.1) is 5.82 Å². The van der Waals surface area contributed by atoms with E-state index in [0.717, 1.165) is 37.5 Å². The lowest BCUT2D eigenvalue weighted by molar-refractivity contribution is 0.0884. The van der Waals surface area contributed by atoms with Crippen molar-refractivity contribution in [3.63, 3.8) is 0 Å². The second-order valence-electron chi connectivity index (χ2n) is 4.87. The lowest BCUT2D eigenvalue weighted by Gasteiger charge is -2.31. The maximum absolute atomic E-state index is 13.9. The van der Waals surface area contributed by atoms with Gasteiger partial charge in [0.15, 0.2) is 0 Å². The van der Waals surface area contributed by atoms with Crippen molar-refractivity contribution in [1.29, 1.82) is 0 Å². The van der Waals surface area contributed by atoms with Crippen molar-refractivity contribution >= 4 is 25.6 Å². The summed E-state index contributed by atoms with van der Waals surface area (Å²) in [6.07, 6.45) is 2.17. The first-order chi connectivity index (χ1) is 9.69. The van der Waals surface area contributed by atoms with Crippen LogP contribution in [0.25, 0.3) is 0 Å². The molecule has 0 atom stereocenters. The van der Waals surface area contributed by atoms with E-state index in [-0.39, 0.29) is 16.0 Å². The van der Waals surface area contributed by atoms with E-state index in [1.807, 2.05) is 20.8 Å². The van der Waals surface area contributed by atoms with Gasteiger partial charge in [0.2, 0.25) is 0 Å². The van der Waals surface area contributed by atoms with E-state index in [1.54, 1.807) is 0 Å². The molecule has 1 amide bonds. The van der Waals surface area contributed by atoms with E-state index in [4.69, 9.17) is 10.7 Å². The molecule has 0 fully saturated rings. The molecule has 0 saturated heterocycles. The summed E-state index contributed by atoms with van der Waals surface area (Å²) < 4.78 is 36.2. The van der Waals surface area contributed by atoms with Gasteiger partial charge in [-0.05, 0) is 37.5 Å². The van der Waals surface area contributed by atoms with Gasteiger partial charge in [-0.2, -0.15) is 0 Å². The van der Waals surface area contributed by atoms with Crippen LogP contribution < -0.4 is 5.32 Å². The highest BCUT2D eigenvalue weighted by molar-refractivity contribution is 8.13. The van der Waals surface area contributed by atoms with E-state index in [2.05, 4.69) is 5.32 Å². The molecule has 7 heteroatoms. The van der Waals surface area contributed by atoms with E-state index < -0.39 is 20.8 Å². The Balaban J connectivity index is 3.09. The number of hydrogen-bond acceptors (Lipinski definition) is 3. The van der Waals surface area contributed by atoms with Crippen LogP contribution in [0.2, 0.25) is 0 Å². The first kappa shape index (κ1) is 17.9. The SMILES string of the molecule is CCC(CC)(CC)NC(=O)c1ccc(S(=O)(=O)Cl)cc1F. The van der Waals surface area contributed by atoms with Gasteiger partial charge in [-0.25, -0.2) is 12.8 Å². The van der Waals surface area contributed by atoms with Gasteiger partial charge in [-0.3, -0.25) is 4.79 Å². The quantitative estimate of drug-likeness (QED) is 0.810. The number of halogens is 2. The molecular formula is C14H19ClFNO3S. The summed E-state index contributed by atoms with van der Waals surface area (Å²) in [5, 5.41) is 2.83. The smallest absolute Gasteiger partial charge is 0.261 e. The van der Waals surface area contributed by atoms with Gasteiger partial charge in [0, 0.05) is 16.2 Å². The molecule has 0 aliphatic heterocycles. The molecular weight excluding hydrogens is 317 g/mol. The van der Waals surface area contributed by atoms with Crippen LogP contribution in [0.1, 0.15) is 50.4 Å². The van der Waals surface area contributed by atoms with Crippen molar-refractivity contribution in [1.82, 2.24) is 5.32 Å². The number of carbonyl (C=O) groups is 1. The molecule has 0 unspecified atom stereocenters. The fraction of sp³-hybridized carbons (Fsp3) is 0.500. The number of nitrogens with one attached hydrogen (secondary N) is 1. The van der Waals surface area contributed by atoms with Gasteiger partial charge in [-0.1, -0.05) is 20.8 Å². The average Bonchev–Trinajstić information content (AvgIpc) is 2.43. The zero-order chi connectivity index (χ0) is 16.3. The van der Waals surface area contributed by atoms with Crippen LogP contribution in [-0.2, 0) is 9.05 Å². The summed E-state index contributed by atoms with van der Waals surface area (Å²) in [5.41, 5.74) is -0.584. The van der Waals surface area contributed by atoms with Crippen molar-refractivity contribution in [3.05, 3.63) is 29.6 Å². The van der Waals surface area contributed by atoms with Crippen molar-refractivity contribution in [2.75, 3.05) is 0 Å². The van der Waals surface area contributed by atoms with Crippen molar-refractivity contribution in [2.24, 2.45) is 0 Å². The highest BCUT2D eigenvalue weighted by atomic mass is 35.7. The molecule has 0 aromatic heterocycles. The molecule has 21 heavy (non-hydrogen) atoms. The summed E-state index contributed by atoms with van der Waals surface area (Å²) in [5.74, 6) is -1.47. The number of rotatable bonds is 6. The highest BCUT2D eigenvalue weighted by Crippen LogP contribution is 2.22. The lowest BCUT2D eigenvalue weighted by Crippen LogP contribution is -2.47. The average molecular weight is 336 g/mol. The van der Waals surface area contributed by atoms with Gasteiger partial charge in [-0.15, -0.1) is 0 Å². The molecule has 1 aromatic carbocycles. The minimum absolute atomic E-state index is 0.196. The molecule has 0 heterocycles. The minimum Gasteiger partial charge on any atom is -0.347 e. The Bertz CT molecular complexity index is 619. The molecule has 1 rings (SSSR count). The third-order valence-corrected chi connectivity index (χ3v) is 5.23. The highest BCUT2D eigenvalue weighted by Gasteiger charge is 2.27. The molecule has 0 aliphatic carbocycles. The number of hydrogen-bond donors (Lipinski definition) is 1. The number of carbonyl (C=O) groups excluding carboxylic acids is 1. The van der Waals surface area contributed by atoms with Crippen molar-refractivity contribution < 1.29 is 17.6 Å². The van der Waals surface area contributed by atoms with Crippen LogP contribution in [0.5, 0.6) is 0 Å². The monoisotopic (exact) mass is 335 g/mol. The molecule has 118 valence electrons. The predicted octanol–water partition coefficient (Wildman–Crippen LogP) is 3.45. The molecule has 0 aliphatic rings. The van der Waals surface area contributed by atoms with E-state index >= 15 is 0 Å². The Labute approximate surface area is 129 Å². The molecule has 0 saturated carbocycles. The number of amides is 1. The first-order valence-electron chi connectivity index (χ1n) is 6.75. The largest absolute Gasteiger partial charge is 0.347 e. The fourth-order valence-corrected chi connectivity index (χ4v) is 2.92. The lowest BCUT2D eigenvalue weighted by atomic mass is 9.89. The Kier molecular flexibility index (Phi) is 5.75. The topological polar surface area (TPSA) is 63.2 Å². The normalized spacial score (nSPS) is 12.2. The first-order valence-corrected chi connectivity index (χ1v) is 9.06. The Hall–Kier alpha value is -1.14. The molecule has 4 nitrogen and oxygen atoms in total. The fourth-order valence-electron chi connectivity index (χ4n) is 2.15. The van der Waals surface area contributed by atoms with Crippen LogP contribution in [0.15, 0.2) is 23.1 Å². The van der Waals surface area contributed by atoms with Crippen LogP contribution in [-0.4, -0.2) is 19.9 Å². The summed E-state index contributed by atoms with van der Waals surface area (Å²) in [6.45, 7) is 5.85. The van der Waals surface area contributed by atoms with Gasteiger partial charge in [0.05, 0.1) is 10.5 Å². The van der Waals surface area contributed by atoms with Gasteiger partial charge in [0.1, 0.15) is 5.82 Å². The Morgan fingerprint density at radius 2 is 1.76 bits per heavy atom. The van der Waals surface area contributed by atoms with E-state index in [1.165, 1.54) is 0 Å². The standard InChI is InChI=1S/C14H19ClFNO3S/c1-4-14(5-2,6-3)17-13(18)11-8-7-10(9-12(11)16)21(15,19)20/h7-9H,4-6H2,1-3H3,(H,17,18). The Morgan fingerprint density at radius 3 is 2.14 bits per heavy atom. The van der Waals surface area contributed by atoms with E-state index in [0.29, 0.717) is 0 Å². The second-order valence-corrected chi connectivity index (χ2v) is 7.44. The van der Waals surface area contributed by atoms with Gasteiger partial charge >= 0.3 is 0 Å². The summed E-state index contributed by atoms with van der Waals surface area (Å²) >= 11 is 0. The summed E-state index contributed by atoms with van der Waals surface area (Å²) in [6, 6.07) is 3.00. The maximum atomic E-state index is 13.9. The Morgan fingerprint density at radius 1 is 1.24 bits per heavy atom. The third kappa shape index (κ3) is 4.17. The minimum atomic E-state index is -4.02. The molecule has 0 radical (unpaired) electrons. The molecule has 1 aromatic rings. The van der Waals surface area contributed by atoms with Crippen LogP contribution in [0.4, 0.5) is 4.39 Å². The van der Waals surface area contributed by atoms with Gasteiger partial charge < -0.3 is 5.32 Å². The molecule has 0 spiro atoms. The van der Waals surface area contributed by atoms with Crippen LogP contribution >= 0.6 is 10.7 Å². The zero-order valence-electron chi connectivity index (χ0n) is 12.2. The summed E-state index contributed by atoms with van der Waals surface area (Å²) in [7, 11) is 1.12. The van der Waals surface area contributed by atoms with Crippen molar-refractivity contribution in [2.45, 2.75) is 50.5 Å². The second kappa shape index (κ2) is 6.75. The van der Waals surface area contributed by atoms with E-state index in [9.17, 15) is 17.6 Å². The molecule has 1 N–H and O–H groups in total. The summed E-state index contributed by atoms with van der Waals surface area (Å²) in [4.78, 5) is 11.8. The third-order valence-electron chi connectivity index (χ3n) is 3.88. The molecule has 0 bridgehead atoms. The zero-order valence-corrected chi connectivity index (χ0v) is 13.8. The van der Waals surface area contributed by atoms with Crippen LogP contribution in [0.3, 0.4) is 0 Å². The predicted molar refractivity (Wildman–Crippen MR) is 80.5 cm³/mol. The van der Waals surface area contributed by atoms with Crippen molar-refractivity contribution in [3.8, 4) is 0 Å². The maximum Gasteiger partial charge on any atom is 0.261 e.